The maximum atomic E-state index is 12.9. The number of benzene rings is 2. The Hall–Kier alpha value is -2.76. The van der Waals surface area contributed by atoms with Crippen LogP contribution >= 0.6 is 0 Å². The molecule has 120 valence electrons. The van der Waals surface area contributed by atoms with Gasteiger partial charge in [0.05, 0.1) is 11.4 Å². The zero-order chi connectivity index (χ0) is 16.7. The molecular formula is C17H16F2N2O2. The molecule has 0 spiro atoms. The third-order valence-corrected chi connectivity index (χ3v) is 3.42. The van der Waals surface area contributed by atoms with E-state index in [0.717, 1.165) is 0 Å². The van der Waals surface area contributed by atoms with Crippen LogP contribution in [0.5, 0.6) is 0 Å². The molecule has 0 radical (unpaired) electrons. The third-order valence-electron chi connectivity index (χ3n) is 3.42. The summed E-state index contributed by atoms with van der Waals surface area (Å²) in [6.07, 6.45) is 1.39. The molecule has 6 heteroatoms. The van der Waals surface area contributed by atoms with Crippen LogP contribution in [0, 0.1) is 11.6 Å². The molecule has 0 saturated heterocycles. The van der Waals surface area contributed by atoms with Crippen molar-refractivity contribution in [1.82, 2.24) is 0 Å². The van der Waals surface area contributed by atoms with E-state index in [0.29, 0.717) is 41.8 Å². The quantitative estimate of drug-likeness (QED) is 0.476. The Kier molecular flexibility index (Phi) is 5.80. The van der Waals surface area contributed by atoms with Crippen molar-refractivity contribution in [3.05, 3.63) is 71.3 Å². The summed E-state index contributed by atoms with van der Waals surface area (Å²) in [5.74, 6) is -0.728. The predicted molar refractivity (Wildman–Crippen MR) is 83.3 cm³/mol. The van der Waals surface area contributed by atoms with E-state index in [1.165, 1.54) is 48.5 Å². The van der Waals surface area contributed by atoms with Crippen LogP contribution in [-0.2, 0) is 0 Å². The number of rotatable bonds is 6. The normalized spacial score (nSPS) is 12.4. The minimum Gasteiger partial charge on any atom is -0.411 e. The molecule has 0 saturated carbocycles. The molecule has 4 nitrogen and oxygen atoms in total. The number of oxime groups is 2. The summed E-state index contributed by atoms with van der Waals surface area (Å²) >= 11 is 0. The Morgan fingerprint density at radius 2 is 1.04 bits per heavy atom. The average molecular weight is 318 g/mol. The average Bonchev–Trinajstić information content (AvgIpc) is 2.57. The van der Waals surface area contributed by atoms with Gasteiger partial charge in [0.2, 0.25) is 0 Å². The summed E-state index contributed by atoms with van der Waals surface area (Å²) in [7, 11) is 0. The first kappa shape index (κ1) is 16.6. The van der Waals surface area contributed by atoms with Crippen molar-refractivity contribution in [2.75, 3.05) is 0 Å². The standard InChI is InChI=1S/C17H16F2N2O2/c18-14-8-4-12(5-9-14)16(20-22)2-1-3-17(21-23)13-6-10-15(19)11-7-13/h4-11,22-23H,1-3H2/b20-16-,21-17+. The van der Waals surface area contributed by atoms with Crippen LogP contribution in [0.2, 0.25) is 0 Å². The van der Waals surface area contributed by atoms with E-state index in [1.54, 1.807) is 0 Å². The summed E-state index contributed by atoms with van der Waals surface area (Å²) in [5, 5.41) is 24.7. The fourth-order valence-electron chi connectivity index (χ4n) is 2.21. The number of hydrogen-bond donors (Lipinski definition) is 2. The Labute approximate surface area is 132 Å². The molecule has 2 rings (SSSR count). The molecule has 2 aromatic rings. The maximum absolute atomic E-state index is 12.9. The first-order chi connectivity index (χ1) is 11.1. The van der Waals surface area contributed by atoms with Gasteiger partial charge in [-0.3, -0.25) is 0 Å². The van der Waals surface area contributed by atoms with Crippen molar-refractivity contribution < 1.29 is 19.2 Å². The number of nitrogens with zero attached hydrogens (tertiary/aromatic N) is 2. The van der Waals surface area contributed by atoms with Gasteiger partial charge in [-0.2, -0.15) is 0 Å². The molecule has 0 atom stereocenters. The van der Waals surface area contributed by atoms with E-state index < -0.39 is 0 Å². The molecular weight excluding hydrogens is 302 g/mol. The van der Waals surface area contributed by atoms with Gasteiger partial charge in [-0.05, 0) is 54.7 Å². The molecule has 2 aromatic carbocycles. The van der Waals surface area contributed by atoms with Gasteiger partial charge in [-0.25, -0.2) is 8.78 Å². The third kappa shape index (κ3) is 4.60. The molecule has 0 aromatic heterocycles. The van der Waals surface area contributed by atoms with Gasteiger partial charge in [-0.15, -0.1) is 0 Å². The first-order valence-electron chi connectivity index (χ1n) is 7.08. The van der Waals surface area contributed by atoms with E-state index in [-0.39, 0.29) is 11.6 Å². The summed E-state index contributed by atoms with van der Waals surface area (Å²) < 4.78 is 25.8. The summed E-state index contributed by atoms with van der Waals surface area (Å²) in [4.78, 5) is 0. The topological polar surface area (TPSA) is 65.2 Å². The van der Waals surface area contributed by atoms with Crippen LogP contribution in [0.3, 0.4) is 0 Å². The molecule has 0 aliphatic rings. The highest BCUT2D eigenvalue weighted by atomic mass is 19.1. The lowest BCUT2D eigenvalue weighted by Gasteiger charge is -2.07. The van der Waals surface area contributed by atoms with Crippen LogP contribution < -0.4 is 0 Å². The van der Waals surface area contributed by atoms with Crippen LogP contribution in [-0.4, -0.2) is 21.8 Å². The lowest BCUT2D eigenvalue weighted by molar-refractivity contribution is 0.317. The minimum atomic E-state index is -0.364. The molecule has 0 unspecified atom stereocenters. The van der Waals surface area contributed by atoms with Crippen LogP contribution in [0.15, 0.2) is 58.8 Å². The van der Waals surface area contributed by atoms with Crippen molar-refractivity contribution in [1.29, 1.82) is 0 Å². The molecule has 0 heterocycles. The van der Waals surface area contributed by atoms with Gasteiger partial charge in [0.1, 0.15) is 11.6 Å². The zero-order valence-electron chi connectivity index (χ0n) is 12.3. The number of hydrogen-bond acceptors (Lipinski definition) is 4. The Balaban J connectivity index is 1.96. The van der Waals surface area contributed by atoms with Crippen LogP contribution in [0.4, 0.5) is 8.78 Å². The van der Waals surface area contributed by atoms with Gasteiger partial charge in [0, 0.05) is 0 Å². The van der Waals surface area contributed by atoms with Gasteiger partial charge < -0.3 is 10.4 Å². The Morgan fingerprint density at radius 3 is 1.35 bits per heavy atom. The predicted octanol–water partition coefficient (Wildman–Crippen LogP) is 4.19. The zero-order valence-corrected chi connectivity index (χ0v) is 12.3. The summed E-state index contributed by atoms with van der Waals surface area (Å²) in [6.45, 7) is 0. The van der Waals surface area contributed by atoms with Crippen molar-refractivity contribution >= 4 is 11.4 Å². The van der Waals surface area contributed by atoms with Crippen molar-refractivity contribution in [3.8, 4) is 0 Å². The van der Waals surface area contributed by atoms with Crippen LogP contribution in [0.25, 0.3) is 0 Å². The van der Waals surface area contributed by atoms with Gasteiger partial charge in [-0.1, -0.05) is 34.6 Å². The van der Waals surface area contributed by atoms with Gasteiger partial charge in [0.15, 0.2) is 0 Å². The first-order valence-corrected chi connectivity index (χ1v) is 7.08. The SMILES string of the molecule is O/N=C(/CCC/C(=N\O)c1ccc(F)cc1)c1ccc(F)cc1. The van der Waals surface area contributed by atoms with E-state index >= 15 is 0 Å². The van der Waals surface area contributed by atoms with Gasteiger partial charge in [0.25, 0.3) is 0 Å². The summed E-state index contributed by atoms with van der Waals surface area (Å²) in [6, 6.07) is 11.3. The highest BCUT2D eigenvalue weighted by Gasteiger charge is 2.09. The summed E-state index contributed by atoms with van der Waals surface area (Å²) in [5.41, 5.74) is 2.08. The van der Waals surface area contributed by atoms with E-state index in [9.17, 15) is 8.78 Å². The van der Waals surface area contributed by atoms with Crippen molar-refractivity contribution in [3.63, 3.8) is 0 Å². The van der Waals surface area contributed by atoms with Crippen molar-refractivity contribution in [2.24, 2.45) is 10.3 Å². The van der Waals surface area contributed by atoms with E-state index in [1.807, 2.05) is 0 Å². The molecule has 0 aliphatic carbocycles. The fourth-order valence-corrected chi connectivity index (χ4v) is 2.21. The van der Waals surface area contributed by atoms with Crippen LogP contribution in [0.1, 0.15) is 30.4 Å². The van der Waals surface area contributed by atoms with E-state index in [2.05, 4.69) is 10.3 Å². The number of halogens is 2. The lowest BCUT2D eigenvalue weighted by atomic mass is 10.0. The van der Waals surface area contributed by atoms with Gasteiger partial charge >= 0.3 is 0 Å². The Morgan fingerprint density at radius 1 is 0.696 bits per heavy atom. The maximum Gasteiger partial charge on any atom is 0.123 e. The molecule has 23 heavy (non-hydrogen) atoms. The van der Waals surface area contributed by atoms with E-state index in [4.69, 9.17) is 10.4 Å². The highest BCUT2D eigenvalue weighted by molar-refractivity contribution is 6.02. The minimum absolute atomic E-state index is 0.364. The second-order valence-electron chi connectivity index (χ2n) is 4.96. The molecule has 0 bridgehead atoms. The molecule has 0 aliphatic heterocycles. The molecule has 0 fully saturated rings. The molecule has 2 N–H and O–H groups in total. The van der Waals surface area contributed by atoms with Crippen molar-refractivity contribution in [2.45, 2.75) is 19.3 Å². The second kappa shape index (κ2) is 8.03. The second-order valence-corrected chi connectivity index (χ2v) is 4.96. The monoisotopic (exact) mass is 318 g/mol. The highest BCUT2D eigenvalue weighted by Crippen LogP contribution is 2.13. The smallest absolute Gasteiger partial charge is 0.123 e. The molecule has 0 amide bonds. The lowest BCUT2D eigenvalue weighted by Crippen LogP contribution is -2.05. The fraction of sp³-hybridized carbons (Fsp3) is 0.176. The Bertz CT molecular complexity index is 634. The largest absolute Gasteiger partial charge is 0.411 e.